The van der Waals surface area contributed by atoms with Crippen molar-refractivity contribution in [1.29, 1.82) is 0 Å². The molecule has 0 aliphatic carbocycles. The van der Waals surface area contributed by atoms with E-state index in [9.17, 15) is 4.79 Å². The van der Waals surface area contributed by atoms with E-state index < -0.39 is 0 Å². The molecule has 0 aliphatic heterocycles. The van der Waals surface area contributed by atoms with Crippen molar-refractivity contribution in [1.82, 2.24) is 9.97 Å². The minimum atomic E-state index is -0.168. The van der Waals surface area contributed by atoms with Crippen molar-refractivity contribution in [3.05, 3.63) is 47.1 Å². The lowest BCUT2D eigenvalue weighted by molar-refractivity contribution is 0.102. The molecule has 3 aromatic rings. The molecule has 0 bridgehead atoms. The molecule has 0 saturated heterocycles. The second-order valence-electron chi connectivity index (χ2n) is 4.07. The van der Waals surface area contributed by atoms with Crippen LogP contribution < -0.4 is 5.32 Å². The number of nitrogens with one attached hydrogen (secondary N) is 2. The van der Waals surface area contributed by atoms with E-state index in [-0.39, 0.29) is 5.91 Å². The highest BCUT2D eigenvalue weighted by atomic mass is 32.1. The number of nitrogens with zero attached hydrogens (tertiary/aromatic N) is 1. The third-order valence-electron chi connectivity index (χ3n) is 2.68. The van der Waals surface area contributed by atoms with Crippen LogP contribution in [0.1, 0.15) is 16.1 Å². The average Bonchev–Trinajstić information content (AvgIpc) is 2.96. The Hall–Kier alpha value is -2.14. The molecule has 18 heavy (non-hydrogen) atoms. The van der Waals surface area contributed by atoms with Gasteiger partial charge in [-0.1, -0.05) is 12.1 Å². The van der Waals surface area contributed by atoms with E-state index in [1.54, 1.807) is 6.20 Å². The fourth-order valence-electron chi connectivity index (χ4n) is 1.81. The third-order valence-corrected chi connectivity index (χ3v) is 3.36. The van der Waals surface area contributed by atoms with Crippen LogP contribution >= 0.6 is 11.3 Å². The largest absolute Gasteiger partial charge is 0.351 e. The van der Waals surface area contributed by atoms with E-state index in [2.05, 4.69) is 15.3 Å². The number of aromatic nitrogens is 2. The molecule has 0 atom stereocenters. The zero-order valence-corrected chi connectivity index (χ0v) is 10.5. The molecule has 2 N–H and O–H groups in total. The Balaban J connectivity index is 1.92. The number of anilines is 1. The van der Waals surface area contributed by atoms with Gasteiger partial charge in [0.2, 0.25) is 0 Å². The number of amides is 1. The van der Waals surface area contributed by atoms with Crippen molar-refractivity contribution in [3.8, 4) is 0 Å². The van der Waals surface area contributed by atoms with Crippen LogP contribution in [0.3, 0.4) is 0 Å². The van der Waals surface area contributed by atoms with Crippen LogP contribution in [-0.4, -0.2) is 15.9 Å². The minimum Gasteiger partial charge on any atom is -0.351 e. The van der Waals surface area contributed by atoms with Crippen LogP contribution in [0.25, 0.3) is 10.9 Å². The molecule has 1 aromatic carbocycles. The molecule has 0 aliphatic rings. The first-order valence-electron chi connectivity index (χ1n) is 5.52. The predicted octanol–water partition coefficient (Wildman–Crippen LogP) is 3.19. The number of hydrogen-bond donors (Lipinski definition) is 2. The molecule has 0 fully saturated rings. The maximum absolute atomic E-state index is 12.0. The van der Waals surface area contributed by atoms with E-state index in [1.807, 2.05) is 36.6 Å². The summed E-state index contributed by atoms with van der Waals surface area (Å²) in [6.07, 6.45) is 1.66. The number of thiazole rings is 1. The molecule has 4 nitrogen and oxygen atoms in total. The molecule has 0 spiro atoms. The Labute approximate surface area is 108 Å². The number of rotatable bonds is 2. The first-order chi connectivity index (χ1) is 8.72. The van der Waals surface area contributed by atoms with Gasteiger partial charge in [-0.15, -0.1) is 11.3 Å². The van der Waals surface area contributed by atoms with Crippen LogP contribution in [0.4, 0.5) is 5.13 Å². The van der Waals surface area contributed by atoms with Gasteiger partial charge in [0.15, 0.2) is 5.13 Å². The molecule has 1 amide bonds. The van der Waals surface area contributed by atoms with Gasteiger partial charge in [0, 0.05) is 22.5 Å². The third kappa shape index (κ3) is 2.00. The van der Waals surface area contributed by atoms with E-state index in [0.717, 1.165) is 16.5 Å². The van der Waals surface area contributed by atoms with Crippen molar-refractivity contribution in [2.45, 2.75) is 6.92 Å². The van der Waals surface area contributed by atoms with Crippen LogP contribution in [0.2, 0.25) is 0 Å². The lowest BCUT2D eigenvalue weighted by Crippen LogP contribution is -2.11. The van der Waals surface area contributed by atoms with Gasteiger partial charge in [-0.25, -0.2) is 4.98 Å². The maximum atomic E-state index is 12.0. The summed E-state index contributed by atoms with van der Waals surface area (Å²) in [6, 6.07) is 7.90. The Kier molecular flexibility index (Phi) is 2.60. The zero-order valence-electron chi connectivity index (χ0n) is 9.73. The highest BCUT2D eigenvalue weighted by Gasteiger charge is 2.10. The number of hydrogen-bond acceptors (Lipinski definition) is 3. The van der Waals surface area contributed by atoms with Gasteiger partial charge in [-0.2, -0.15) is 0 Å². The number of benzene rings is 1. The van der Waals surface area contributed by atoms with Crippen molar-refractivity contribution in [3.63, 3.8) is 0 Å². The molecule has 0 unspecified atom stereocenters. The van der Waals surface area contributed by atoms with Crippen molar-refractivity contribution in [2.75, 3.05) is 5.32 Å². The molecule has 0 saturated carbocycles. The number of H-pyrrole nitrogens is 1. The topological polar surface area (TPSA) is 57.8 Å². The Bertz CT molecular complexity index is 700. The smallest absolute Gasteiger partial charge is 0.273 e. The number of fused-ring (bicyclic) bond motifs is 1. The van der Waals surface area contributed by atoms with Gasteiger partial charge in [0.05, 0.1) is 0 Å². The molecule has 3 rings (SSSR count). The minimum absolute atomic E-state index is 0.168. The highest BCUT2D eigenvalue weighted by molar-refractivity contribution is 7.13. The molecule has 90 valence electrons. The van der Waals surface area contributed by atoms with Crippen LogP contribution in [0, 0.1) is 6.92 Å². The van der Waals surface area contributed by atoms with Gasteiger partial charge in [-0.3, -0.25) is 10.1 Å². The van der Waals surface area contributed by atoms with Crippen molar-refractivity contribution < 1.29 is 4.79 Å². The molecular weight excluding hydrogens is 246 g/mol. The molecule has 5 heteroatoms. The average molecular weight is 257 g/mol. The predicted molar refractivity (Wildman–Crippen MR) is 73.1 cm³/mol. The summed E-state index contributed by atoms with van der Waals surface area (Å²) in [4.78, 5) is 19.1. The van der Waals surface area contributed by atoms with E-state index in [0.29, 0.717) is 10.8 Å². The summed E-state index contributed by atoms with van der Waals surface area (Å²) < 4.78 is 0. The van der Waals surface area contributed by atoms with E-state index in [4.69, 9.17) is 0 Å². The summed E-state index contributed by atoms with van der Waals surface area (Å²) in [5, 5.41) is 6.21. The van der Waals surface area contributed by atoms with Crippen molar-refractivity contribution in [2.24, 2.45) is 0 Å². The Morgan fingerprint density at radius 1 is 1.39 bits per heavy atom. The first kappa shape index (κ1) is 11.0. The second kappa shape index (κ2) is 4.27. The molecular formula is C13H11N3OS. The normalized spacial score (nSPS) is 10.7. The number of aromatic amines is 1. The van der Waals surface area contributed by atoms with E-state index in [1.165, 1.54) is 11.3 Å². The molecule has 0 radical (unpaired) electrons. The Morgan fingerprint density at radius 3 is 3.06 bits per heavy atom. The molecule has 2 heterocycles. The van der Waals surface area contributed by atoms with Crippen LogP contribution in [0.5, 0.6) is 0 Å². The molecule has 2 aromatic heterocycles. The van der Waals surface area contributed by atoms with Gasteiger partial charge in [0.1, 0.15) is 5.69 Å². The summed E-state index contributed by atoms with van der Waals surface area (Å²) in [7, 11) is 0. The van der Waals surface area contributed by atoms with Crippen LogP contribution in [-0.2, 0) is 0 Å². The lowest BCUT2D eigenvalue weighted by atomic mass is 10.2. The zero-order chi connectivity index (χ0) is 12.5. The highest BCUT2D eigenvalue weighted by Crippen LogP contribution is 2.18. The number of carbonyl (C=O) groups is 1. The maximum Gasteiger partial charge on any atom is 0.273 e. The lowest BCUT2D eigenvalue weighted by Gasteiger charge is -1.97. The fourth-order valence-corrected chi connectivity index (χ4v) is 2.34. The standard InChI is InChI=1S/C13H11N3OS/c1-8-2-3-9-7-11(15-10(9)6-8)12(17)16-13-14-4-5-18-13/h2-7,15H,1H3,(H,14,16,17). The quantitative estimate of drug-likeness (QED) is 0.740. The first-order valence-corrected chi connectivity index (χ1v) is 6.40. The summed E-state index contributed by atoms with van der Waals surface area (Å²) in [5.74, 6) is -0.168. The SMILES string of the molecule is Cc1ccc2cc(C(=O)Nc3nccs3)[nH]c2c1. The number of carbonyl (C=O) groups excluding carboxylic acids is 1. The fraction of sp³-hybridized carbons (Fsp3) is 0.0769. The van der Waals surface area contributed by atoms with Gasteiger partial charge in [-0.05, 0) is 24.6 Å². The monoisotopic (exact) mass is 257 g/mol. The van der Waals surface area contributed by atoms with E-state index >= 15 is 0 Å². The van der Waals surface area contributed by atoms with Crippen molar-refractivity contribution >= 4 is 33.3 Å². The summed E-state index contributed by atoms with van der Waals surface area (Å²) in [5.41, 5.74) is 2.68. The van der Waals surface area contributed by atoms with Gasteiger partial charge < -0.3 is 4.98 Å². The van der Waals surface area contributed by atoms with Gasteiger partial charge in [0.25, 0.3) is 5.91 Å². The van der Waals surface area contributed by atoms with Gasteiger partial charge >= 0.3 is 0 Å². The number of aryl methyl sites for hydroxylation is 1. The van der Waals surface area contributed by atoms with Crippen LogP contribution in [0.15, 0.2) is 35.8 Å². The summed E-state index contributed by atoms with van der Waals surface area (Å²) >= 11 is 1.40. The Morgan fingerprint density at radius 2 is 2.28 bits per heavy atom. The summed E-state index contributed by atoms with van der Waals surface area (Å²) in [6.45, 7) is 2.02. The second-order valence-corrected chi connectivity index (χ2v) is 4.96.